The zero-order valence-electron chi connectivity index (χ0n) is 8.07. The zero-order valence-corrected chi connectivity index (χ0v) is 8.07. The summed E-state index contributed by atoms with van der Waals surface area (Å²) in [4.78, 5) is 0. The molecule has 0 saturated carbocycles. The third-order valence-corrected chi connectivity index (χ3v) is 2.02. The van der Waals surface area contributed by atoms with E-state index in [9.17, 15) is 4.39 Å². The van der Waals surface area contributed by atoms with Crippen LogP contribution in [0, 0.1) is 5.82 Å². The number of nitrogens with two attached hydrogens (primary N) is 1. The van der Waals surface area contributed by atoms with Gasteiger partial charge in [0.2, 0.25) is 0 Å². The summed E-state index contributed by atoms with van der Waals surface area (Å²) in [5.74, 6) is -0.242. The van der Waals surface area contributed by atoms with Crippen LogP contribution in [-0.2, 0) is 0 Å². The second-order valence-electron chi connectivity index (χ2n) is 3.26. The highest BCUT2D eigenvalue weighted by Crippen LogP contribution is 2.18. The van der Waals surface area contributed by atoms with Gasteiger partial charge >= 0.3 is 0 Å². The molecule has 0 radical (unpaired) electrons. The first-order valence-corrected chi connectivity index (χ1v) is 4.62. The molecule has 0 spiro atoms. The normalized spacial score (nSPS) is 9.93. The molecule has 0 aromatic heterocycles. The van der Waals surface area contributed by atoms with Gasteiger partial charge in [0.1, 0.15) is 5.82 Å². The number of halogens is 1. The van der Waals surface area contributed by atoms with E-state index >= 15 is 0 Å². The Morgan fingerprint density at radius 2 is 1.67 bits per heavy atom. The summed E-state index contributed by atoms with van der Waals surface area (Å²) in [7, 11) is 0. The number of hydrogen-bond acceptors (Lipinski definition) is 2. The van der Waals surface area contributed by atoms with Crippen LogP contribution in [0.4, 0.5) is 21.5 Å². The van der Waals surface area contributed by atoms with Gasteiger partial charge in [-0.05, 0) is 42.5 Å². The van der Waals surface area contributed by atoms with Crippen molar-refractivity contribution in [2.24, 2.45) is 0 Å². The SMILES string of the molecule is Nc1cccc(Nc2ccc(F)cc2)c1. The molecule has 0 fully saturated rings. The second kappa shape index (κ2) is 4.00. The Kier molecular flexibility index (Phi) is 2.54. The van der Waals surface area contributed by atoms with Gasteiger partial charge in [0.15, 0.2) is 0 Å². The fourth-order valence-electron chi connectivity index (χ4n) is 1.32. The van der Waals surface area contributed by atoms with E-state index in [2.05, 4.69) is 5.32 Å². The van der Waals surface area contributed by atoms with Gasteiger partial charge < -0.3 is 11.1 Å². The van der Waals surface area contributed by atoms with E-state index in [1.807, 2.05) is 24.3 Å². The first kappa shape index (κ1) is 9.52. The minimum absolute atomic E-state index is 0.242. The predicted octanol–water partition coefficient (Wildman–Crippen LogP) is 3.15. The van der Waals surface area contributed by atoms with Crippen molar-refractivity contribution >= 4 is 17.1 Å². The Bertz CT molecular complexity index is 451. The smallest absolute Gasteiger partial charge is 0.123 e. The number of nitrogen functional groups attached to an aromatic ring is 1. The van der Waals surface area contributed by atoms with Gasteiger partial charge in [-0.1, -0.05) is 6.07 Å². The second-order valence-corrected chi connectivity index (χ2v) is 3.26. The monoisotopic (exact) mass is 202 g/mol. The number of hydrogen-bond donors (Lipinski definition) is 2. The largest absolute Gasteiger partial charge is 0.399 e. The van der Waals surface area contributed by atoms with E-state index in [-0.39, 0.29) is 5.82 Å². The Balaban J connectivity index is 2.18. The molecule has 76 valence electrons. The van der Waals surface area contributed by atoms with Crippen molar-refractivity contribution < 1.29 is 4.39 Å². The number of benzene rings is 2. The average molecular weight is 202 g/mol. The van der Waals surface area contributed by atoms with E-state index in [0.29, 0.717) is 5.69 Å². The minimum Gasteiger partial charge on any atom is -0.399 e. The van der Waals surface area contributed by atoms with Crippen LogP contribution in [0.15, 0.2) is 48.5 Å². The van der Waals surface area contributed by atoms with Crippen LogP contribution < -0.4 is 11.1 Å². The van der Waals surface area contributed by atoms with Crippen LogP contribution in [0.1, 0.15) is 0 Å². The molecule has 3 N–H and O–H groups in total. The lowest BCUT2D eigenvalue weighted by molar-refractivity contribution is 0.628. The topological polar surface area (TPSA) is 38.0 Å². The van der Waals surface area contributed by atoms with Crippen LogP contribution in [-0.4, -0.2) is 0 Å². The zero-order chi connectivity index (χ0) is 10.7. The van der Waals surface area contributed by atoms with Crippen molar-refractivity contribution in [3.8, 4) is 0 Å². The van der Waals surface area contributed by atoms with Crippen LogP contribution in [0.25, 0.3) is 0 Å². The van der Waals surface area contributed by atoms with Gasteiger partial charge in [0.25, 0.3) is 0 Å². The predicted molar refractivity (Wildman–Crippen MR) is 60.5 cm³/mol. The van der Waals surface area contributed by atoms with Gasteiger partial charge in [-0.3, -0.25) is 0 Å². The van der Waals surface area contributed by atoms with Crippen molar-refractivity contribution in [1.82, 2.24) is 0 Å². The molecule has 0 bridgehead atoms. The molecule has 3 heteroatoms. The van der Waals surface area contributed by atoms with Gasteiger partial charge in [0, 0.05) is 17.1 Å². The van der Waals surface area contributed by atoms with Crippen molar-refractivity contribution in [2.75, 3.05) is 11.1 Å². The molecule has 0 atom stereocenters. The maximum absolute atomic E-state index is 12.6. The van der Waals surface area contributed by atoms with E-state index in [4.69, 9.17) is 5.73 Å². The molecule has 15 heavy (non-hydrogen) atoms. The van der Waals surface area contributed by atoms with Gasteiger partial charge in [-0.2, -0.15) is 0 Å². The lowest BCUT2D eigenvalue weighted by Gasteiger charge is -2.06. The highest BCUT2D eigenvalue weighted by Gasteiger charge is 1.95. The summed E-state index contributed by atoms with van der Waals surface area (Å²) >= 11 is 0. The summed E-state index contributed by atoms with van der Waals surface area (Å²) in [5.41, 5.74) is 8.06. The summed E-state index contributed by atoms with van der Waals surface area (Å²) in [6.07, 6.45) is 0. The van der Waals surface area contributed by atoms with Crippen molar-refractivity contribution in [1.29, 1.82) is 0 Å². The Labute approximate surface area is 87.5 Å². The van der Waals surface area contributed by atoms with E-state index in [1.54, 1.807) is 12.1 Å². The molecule has 0 aliphatic rings. The van der Waals surface area contributed by atoms with Gasteiger partial charge in [-0.25, -0.2) is 4.39 Å². The first-order valence-electron chi connectivity index (χ1n) is 4.62. The Hall–Kier alpha value is -2.03. The minimum atomic E-state index is -0.242. The lowest BCUT2D eigenvalue weighted by atomic mass is 10.2. The van der Waals surface area contributed by atoms with Crippen molar-refractivity contribution in [3.63, 3.8) is 0 Å². The fourth-order valence-corrected chi connectivity index (χ4v) is 1.32. The van der Waals surface area contributed by atoms with Gasteiger partial charge in [0.05, 0.1) is 0 Å². The molecule has 0 heterocycles. The maximum Gasteiger partial charge on any atom is 0.123 e. The van der Waals surface area contributed by atoms with E-state index < -0.39 is 0 Å². The fraction of sp³-hybridized carbons (Fsp3) is 0. The molecular weight excluding hydrogens is 191 g/mol. The quantitative estimate of drug-likeness (QED) is 0.734. The lowest BCUT2D eigenvalue weighted by Crippen LogP contribution is -1.91. The molecule has 0 amide bonds. The number of rotatable bonds is 2. The van der Waals surface area contributed by atoms with Crippen LogP contribution >= 0.6 is 0 Å². The van der Waals surface area contributed by atoms with Crippen LogP contribution in [0.2, 0.25) is 0 Å². The summed E-state index contributed by atoms with van der Waals surface area (Å²) in [5, 5.41) is 3.13. The van der Waals surface area contributed by atoms with E-state index in [1.165, 1.54) is 12.1 Å². The highest BCUT2D eigenvalue weighted by atomic mass is 19.1. The Morgan fingerprint density at radius 3 is 2.33 bits per heavy atom. The molecular formula is C12H11FN2. The molecule has 0 unspecified atom stereocenters. The van der Waals surface area contributed by atoms with Gasteiger partial charge in [-0.15, -0.1) is 0 Å². The Morgan fingerprint density at radius 1 is 0.933 bits per heavy atom. The van der Waals surface area contributed by atoms with Crippen LogP contribution in [0.5, 0.6) is 0 Å². The summed E-state index contributed by atoms with van der Waals surface area (Å²) < 4.78 is 12.6. The molecule has 2 aromatic rings. The van der Waals surface area contributed by atoms with Crippen molar-refractivity contribution in [3.05, 3.63) is 54.3 Å². The van der Waals surface area contributed by atoms with E-state index in [0.717, 1.165) is 11.4 Å². The number of anilines is 3. The molecule has 0 aliphatic carbocycles. The molecule has 2 aromatic carbocycles. The van der Waals surface area contributed by atoms with Crippen LogP contribution in [0.3, 0.4) is 0 Å². The summed E-state index contributed by atoms with van der Waals surface area (Å²) in [6, 6.07) is 13.6. The maximum atomic E-state index is 12.6. The first-order chi connectivity index (χ1) is 7.24. The molecule has 0 aliphatic heterocycles. The summed E-state index contributed by atoms with van der Waals surface area (Å²) in [6.45, 7) is 0. The molecule has 0 saturated heterocycles. The number of nitrogens with one attached hydrogen (secondary N) is 1. The highest BCUT2D eigenvalue weighted by molar-refractivity contribution is 5.63. The third-order valence-electron chi connectivity index (χ3n) is 2.02. The average Bonchev–Trinajstić information content (AvgIpc) is 2.22. The standard InChI is InChI=1S/C12H11FN2/c13-9-4-6-11(7-5-9)15-12-3-1-2-10(14)8-12/h1-8,15H,14H2. The molecule has 2 rings (SSSR count). The molecule has 2 nitrogen and oxygen atoms in total. The van der Waals surface area contributed by atoms with Crippen molar-refractivity contribution in [2.45, 2.75) is 0 Å². The third kappa shape index (κ3) is 2.47.